The van der Waals surface area contributed by atoms with Gasteiger partial charge in [-0.2, -0.15) is 8.61 Å². The van der Waals surface area contributed by atoms with Gasteiger partial charge in [-0.25, -0.2) is 21.2 Å². The molecule has 3 rings (SSSR count). The Balaban J connectivity index is 2.04. The van der Waals surface area contributed by atoms with Gasteiger partial charge in [-0.3, -0.25) is 0 Å². The van der Waals surface area contributed by atoms with Crippen LogP contribution < -0.4 is 4.74 Å². The first kappa shape index (κ1) is 30.1. The van der Waals surface area contributed by atoms with Crippen molar-refractivity contribution in [1.82, 2.24) is 8.61 Å². The Hall–Kier alpha value is -2.49. The third-order valence-electron chi connectivity index (χ3n) is 6.37. The van der Waals surface area contributed by atoms with Gasteiger partial charge in [0.1, 0.15) is 22.6 Å². The Morgan fingerprint density at radius 3 is 2.45 bits per heavy atom. The minimum Gasteiger partial charge on any atom is -0.487 e. The summed E-state index contributed by atoms with van der Waals surface area (Å²) in [6, 6.07) is 8.44. The zero-order valence-corrected chi connectivity index (χ0v) is 23.9. The van der Waals surface area contributed by atoms with Crippen LogP contribution in [0.15, 0.2) is 52.3 Å². The molecule has 0 saturated carbocycles. The van der Waals surface area contributed by atoms with E-state index >= 15 is 0 Å². The van der Waals surface area contributed by atoms with E-state index < -0.39 is 43.9 Å². The van der Waals surface area contributed by atoms with Crippen molar-refractivity contribution in [3.63, 3.8) is 0 Å². The molecule has 0 spiro atoms. The van der Waals surface area contributed by atoms with E-state index in [1.165, 1.54) is 29.6 Å². The summed E-state index contributed by atoms with van der Waals surface area (Å²) < 4.78 is 75.5. The molecule has 0 aromatic heterocycles. The first-order valence-corrected chi connectivity index (χ1v) is 15.3. The molecule has 1 aliphatic rings. The van der Waals surface area contributed by atoms with Gasteiger partial charge in [0, 0.05) is 37.5 Å². The zero-order valence-electron chi connectivity index (χ0n) is 22.3. The van der Waals surface area contributed by atoms with Crippen LogP contribution in [0.3, 0.4) is 0 Å². The van der Waals surface area contributed by atoms with Gasteiger partial charge in [0.25, 0.3) is 0 Å². The number of rotatable bonds is 7. The summed E-state index contributed by atoms with van der Waals surface area (Å²) in [5, 5.41) is 9.80. The summed E-state index contributed by atoms with van der Waals surface area (Å²) in [7, 11) is -6.61. The van der Waals surface area contributed by atoms with E-state index in [0.29, 0.717) is 17.9 Å². The van der Waals surface area contributed by atoms with E-state index in [-0.39, 0.29) is 35.2 Å². The van der Waals surface area contributed by atoms with Crippen molar-refractivity contribution >= 4 is 20.0 Å². The van der Waals surface area contributed by atoms with Crippen molar-refractivity contribution < 1.29 is 31.1 Å². The topological polar surface area (TPSA) is 104 Å². The third-order valence-corrected chi connectivity index (χ3v) is 10.2. The maximum Gasteiger partial charge on any atom is 0.247 e. The smallest absolute Gasteiger partial charge is 0.247 e. The van der Waals surface area contributed by atoms with Crippen LogP contribution in [0.1, 0.15) is 39.7 Å². The fourth-order valence-electron chi connectivity index (χ4n) is 4.02. The number of likely N-dealkylation sites (N-methyl/N-ethyl adjacent to an activating group) is 1. The van der Waals surface area contributed by atoms with Gasteiger partial charge >= 0.3 is 0 Å². The molecule has 2 aromatic rings. The number of fused-ring (bicyclic) bond motifs is 1. The number of aliphatic hydroxyl groups excluding tert-OH is 1. The van der Waals surface area contributed by atoms with Crippen molar-refractivity contribution in [2.45, 2.75) is 56.1 Å². The first-order chi connectivity index (χ1) is 17.8. The number of sulfonamides is 2. The highest BCUT2D eigenvalue weighted by atomic mass is 32.2. The molecule has 11 heteroatoms. The molecule has 1 heterocycles. The fraction of sp³-hybridized carbons (Fsp3) is 0.481. The molecule has 0 aliphatic carbocycles. The molecule has 38 heavy (non-hydrogen) atoms. The van der Waals surface area contributed by atoms with Gasteiger partial charge in [0.15, 0.2) is 0 Å². The predicted octanol–water partition coefficient (Wildman–Crippen LogP) is 3.31. The monoisotopic (exact) mass is 566 g/mol. The lowest BCUT2D eigenvalue weighted by Crippen LogP contribution is -2.50. The molecule has 3 atom stereocenters. The van der Waals surface area contributed by atoms with Crippen LogP contribution in [0.2, 0.25) is 0 Å². The molecule has 208 valence electrons. The van der Waals surface area contributed by atoms with Crippen LogP contribution >= 0.6 is 0 Å². The molecule has 0 amide bonds. The van der Waals surface area contributed by atoms with Crippen LogP contribution in [0, 0.1) is 29.5 Å². The van der Waals surface area contributed by atoms with E-state index in [2.05, 4.69) is 11.8 Å². The molecule has 0 bridgehead atoms. The standard InChI is InChI=1S/C27H35FN2O6S2/c1-19(2)7-6-8-22-9-14-27-25(15-22)36-26(20(3)16-30(21(4)18-31)38(27,34)35)17-29(5)37(32,33)24-12-10-23(28)11-13-24/h9-15,19-21,26,31H,7,16-18H2,1-5H3/t20-,21-,26-/m0/s1. The van der Waals surface area contributed by atoms with Crippen molar-refractivity contribution in [3.05, 3.63) is 53.8 Å². The van der Waals surface area contributed by atoms with Gasteiger partial charge in [0.2, 0.25) is 20.0 Å². The number of hydrogen-bond donors (Lipinski definition) is 1. The average Bonchev–Trinajstić information content (AvgIpc) is 2.85. The molecule has 1 N–H and O–H groups in total. The van der Waals surface area contributed by atoms with Crippen molar-refractivity contribution in [3.8, 4) is 17.6 Å². The number of benzene rings is 2. The number of ether oxygens (including phenoxy) is 1. The van der Waals surface area contributed by atoms with Gasteiger partial charge in [-0.05, 0) is 55.3 Å². The molecule has 0 unspecified atom stereocenters. The summed E-state index contributed by atoms with van der Waals surface area (Å²) in [4.78, 5) is -0.144. The SMILES string of the molecule is CC(C)CC#Cc1ccc2c(c1)O[C@@H](CN(C)S(=O)(=O)c1ccc(F)cc1)[C@@H](C)CN([C@@H](C)CO)S2(=O)=O. The Morgan fingerprint density at radius 1 is 1.18 bits per heavy atom. The number of halogens is 1. The molecule has 2 aromatic carbocycles. The lowest BCUT2D eigenvalue weighted by Gasteiger charge is -2.37. The lowest BCUT2D eigenvalue weighted by molar-refractivity contribution is 0.0904. The van der Waals surface area contributed by atoms with Gasteiger partial charge in [0.05, 0.1) is 18.0 Å². The Bertz CT molecular complexity index is 1400. The van der Waals surface area contributed by atoms with E-state index in [9.17, 15) is 26.3 Å². The van der Waals surface area contributed by atoms with E-state index in [1.54, 1.807) is 26.0 Å². The molecular weight excluding hydrogens is 531 g/mol. The van der Waals surface area contributed by atoms with Crippen LogP contribution in [-0.4, -0.2) is 69.4 Å². The first-order valence-electron chi connectivity index (χ1n) is 12.4. The quantitative estimate of drug-likeness (QED) is 0.516. The Kier molecular flexibility index (Phi) is 9.60. The highest BCUT2D eigenvalue weighted by Gasteiger charge is 2.39. The lowest BCUT2D eigenvalue weighted by atomic mass is 10.0. The Morgan fingerprint density at radius 2 is 1.84 bits per heavy atom. The summed E-state index contributed by atoms with van der Waals surface area (Å²) in [6.45, 7) is 7.00. The maximum absolute atomic E-state index is 13.6. The second-order valence-electron chi connectivity index (χ2n) is 10.0. The van der Waals surface area contributed by atoms with Gasteiger partial charge < -0.3 is 9.84 Å². The van der Waals surface area contributed by atoms with Crippen LogP contribution in [0.4, 0.5) is 4.39 Å². The molecule has 0 fully saturated rings. The molecular formula is C27H35FN2O6S2. The second-order valence-corrected chi connectivity index (χ2v) is 13.9. The van der Waals surface area contributed by atoms with Crippen molar-refractivity contribution in [2.24, 2.45) is 11.8 Å². The summed E-state index contributed by atoms with van der Waals surface area (Å²) in [5.41, 5.74) is 0.570. The number of nitrogens with zero attached hydrogens (tertiary/aromatic N) is 2. The highest BCUT2D eigenvalue weighted by molar-refractivity contribution is 7.89. The highest BCUT2D eigenvalue weighted by Crippen LogP contribution is 2.34. The van der Waals surface area contributed by atoms with Crippen molar-refractivity contribution in [2.75, 3.05) is 26.7 Å². The summed E-state index contributed by atoms with van der Waals surface area (Å²) in [5.74, 6) is 5.56. The molecule has 0 radical (unpaired) electrons. The van der Waals surface area contributed by atoms with Gasteiger partial charge in [-0.15, -0.1) is 0 Å². The van der Waals surface area contributed by atoms with E-state index in [0.717, 1.165) is 16.4 Å². The third kappa shape index (κ3) is 6.74. The normalized spacial score (nSPS) is 20.6. The number of aliphatic hydroxyl groups is 1. The number of hydrogen-bond acceptors (Lipinski definition) is 6. The zero-order chi connectivity index (χ0) is 28.3. The van der Waals surface area contributed by atoms with E-state index in [1.807, 2.05) is 13.8 Å². The second kappa shape index (κ2) is 12.1. The van der Waals surface area contributed by atoms with Crippen LogP contribution in [-0.2, 0) is 20.0 Å². The molecule has 1 aliphatic heterocycles. The Labute approximate surface area is 225 Å². The average molecular weight is 567 g/mol. The van der Waals surface area contributed by atoms with Crippen LogP contribution in [0.5, 0.6) is 5.75 Å². The van der Waals surface area contributed by atoms with Crippen molar-refractivity contribution in [1.29, 1.82) is 0 Å². The summed E-state index contributed by atoms with van der Waals surface area (Å²) >= 11 is 0. The van der Waals surface area contributed by atoms with E-state index in [4.69, 9.17) is 4.74 Å². The molecule has 0 saturated heterocycles. The van der Waals surface area contributed by atoms with Gasteiger partial charge in [-0.1, -0.05) is 32.6 Å². The fourth-order valence-corrected chi connectivity index (χ4v) is 7.03. The largest absolute Gasteiger partial charge is 0.487 e. The molecule has 8 nitrogen and oxygen atoms in total. The summed E-state index contributed by atoms with van der Waals surface area (Å²) in [6.07, 6.45) is -0.0688. The predicted molar refractivity (Wildman–Crippen MR) is 143 cm³/mol. The minimum absolute atomic E-state index is 0.00848. The minimum atomic E-state index is -4.03. The maximum atomic E-state index is 13.6. The van der Waals surface area contributed by atoms with Crippen LogP contribution in [0.25, 0.3) is 0 Å².